The summed E-state index contributed by atoms with van der Waals surface area (Å²) in [5.74, 6) is 0.871. The number of hydrogen-bond donors (Lipinski definition) is 1. The van der Waals surface area contributed by atoms with E-state index in [1.165, 1.54) is 11.3 Å². The van der Waals surface area contributed by atoms with Gasteiger partial charge in [-0.3, -0.25) is 0 Å². The number of nitrogens with one attached hydrogen (secondary N) is 1. The van der Waals surface area contributed by atoms with Gasteiger partial charge in [0.05, 0.1) is 18.9 Å². The molecule has 0 saturated carbocycles. The van der Waals surface area contributed by atoms with E-state index < -0.39 is 0 Å². The second-order valence-electron chi connectivity index (χ2n) is 5.70. The Balaban J connectivity index is 1.99. The van der Waals surface area contributed by atoms with Gasteiger partial charge in [0.2, 0.25) is 0 Å². The number of aromatic nitrogens is 3. The zero-order valence-corrected chi connectivity index (χ0v) is 12.7. The van der Waals surface area contributed by atoms with Crippen molar-refractivity contribution in [3.63, 3.8) is 0 Å². The minimum atomic E-state index is 0.496. The van der Waals surface area contributed by atoms with Crippen LogP contribution in [-0.2, 0) is 6.42 Å². The Morgan fingerprint density at radius 3 is 3.14 bits per heavy atom. The summed E-state index contributed by atoms with van der Waals surface area (Å²) in [6, 6.07) is 6.50. The average Bonchev–Trinajstić information content (AvgIpc) is 2.97. The fourth-order valence-corrected chi connectivity index (χ4v) is 3.19. The maximum Gasteiger partial charge on any atom is 0.162 e. The Morgan fingerprint density at radius 1 is 1.36 bits per heavy atom. The van der Waals surface area contributed by atoms with E-state index in [9.17, 15) is 0 Å². The lowest BCUT2D eigenvalue weighted by atomic mass is 9.91. The molecule has 0 bridgehead atoms. The van der Waals surface area contributed by atoms with Gasteiger partial charge in [-0.05, 0) is 43.5 Å². The van der Waals surface area contributed by atoms with Gasteiger partial charge in [-0.1, -0.05) is 0 Å². The molecule has 1 aliphatic heterocycles. The van der Waals surface area contributed by atoms with Crippen LogP contribution in [0.3, 0.4) is 0 Å². The standard InChI is InChI=1S/C17H18N4O/c1-11-4-5-12-14(20-11)6-7-15(22-2)16(12)13-10-19-21-9-3-8-18-17(13)21/h3,6-11,20H,4-5H2,1-2H3. The highest BCUT2D eigenvalue weighted by atomic mass is 16.5. The molecule has 5 heteroatoms. The molecular formula is C17H18N4O. The first-order chi connectivity index (χ1) is 10.8. The molecule has 1 aliphatic rings. The van der Waals surface area contributed by atoms with Crippen LogP contribution in [0.5, 0.6) is 5.75 Å². The third-order valence-corrected chi connectivity index (χ3v) is 4.27. The number of ether oxygens (including phenoxy) is 1. The average molecular weight is 294 g/mol. The van der Waals surface area contributed by atoms with Gasteiger partial charge in [-0.25, -0.2) is 9.50 Å². The fraction of sp³-hybridized carbons (Fsp3) is 0.294. The number of methoxy groups -OCH3 is 1. The van der Waals surface area contributed by atoms with Crippen LogP contribution in [-0.4, -0.2) is 27.7 Å². The van der Waals surface area contributed by atoms with E-state index in [-0.39, 0.29) is 0 Å². The quantitative estimate of drug-likeness (QED) is 0.789. The van der Waals surface area contributed by atoms with Gasteiger partial charge in [-0.2, -0.15) is 5.10 Å². The lowest BCUT2D eigenvalue weighted by Crippen LogP contribution is -2.22. The first-order valence-electron chi connectivity index (χ1n) is 7.53. The van der Waals surface area contributed by atoms with E-state index in [1.54, 1.807) is 17.8 Å². The van der Waals surface area contributed by atoms with Gasteiger partial charge in [0.15, 0.2) is 5.65 Å². The van der Waals surface area contributed by atoms with Crippen molar-refractivity contribution in [3.8, 4) is 16.9 Å². The highest BCUT2D eigenvalue weighted by molar-refractivity contribution is 5.87. The second kappa shape index (κ2) is 5.02. The zero-order valence-electron chi connectivity index (χ0n) is 12.7. The second-order valence-corrected chi connectivity index (χ2v) is 5.70. The Hall–Kier alpha value is -2.56. The summed E-state index contributed by atoms with van der Waals surface area (Å²) in [5, 5.41) is 7.97. The number of anilines is 1. The molecule has 112 valence electrons. The molecule has 2 aromatic heterocycles. The molecule has 5 nitrogen and oxygen atoms in total. The molecule has 0 fully saturated rings. The summed E-state index contributed by atoms with van der Waals surface area (Å²) in [7, 11) is 1.71. The summed E-state index contributed by atoms with van der Waals surface area (Å²) < 4.78 is 7.42. The number of hydrogen-bond acceptors (Lipinski definition) is 4. The van der Waals surface area contributed by atoms with E-state index in [0.717, 1.165) is 35.4 Å². The maximum atomic E-state index is 5.62. The van der Waals surface area contributed by atoms with Gasteiger partial charge in [-0.15, -0.1) is 0 Å². The lowest BCUT2D eigenvalue weighted by molar-refractivity contribution is 0.416. The van der Waals surface area contributed by atoms with E-state index in [1.807, 2.05) is 24.5 Å². The Kier molecular flexibility index (Phi) is 2.99. The normalized spacial score (nSPS) is 17.1. The maximum absolute atomic E-state index is 5.62. The van der Waals surface area contributed by atoms with Gasteiger partial charge in [0.1, 0.15) is 5.75 Å². The smallest absolute Gasteiger partial charge is 0.162 e. The Labute approximate surface area is 128 Å². The zero-order chi connectivity index (χ0) is 15.1. The molecule has 1 unspecified atom stereocenters. The fourth-order valence-electron chi connectivity index (χ4n) is 3.19. The van der Waals surface area contributed by atoms with Crippen LogP contribution in [0.25, 0.3) is 16.8 Å². The van der Waals surface area contributed by atoms with E-state index in [2.05, 4.69) is 28.4 Å². The summed E-state index contributed by atoms with van der Waals surface area (Å²) >= 11 is 0. The first-order valence-corrected chi connectivity index (χ1v) is 7.53. The Bertz CT molecular complexity index is 840. The van der Waals surface area contributed by atoms with Crippen LogP contribution in [0.2, 0.25) is 0 Å². The number of nitrogens with zero attached hydrogens (tertiary/aromatic N) is 3. The van der Waals surface area contributed by atoms with E-state index in [0.29, 0.717) is 6.04 Å². The van der Waals surface area contributed by atoms with Crippen molar-refractivity contribution in [2.75, 3.05) is 12.4 Å². The molecule has 4 rings (SSSR count). The van der Waals surface area contributed by atoms with E-state index in [4.69, 9.17) is 4.74 Å². The Morgan fingerprint density at radius 2 is 2.27 bits per heavy atom. The van der Waals surface area contributed by atoms with Crippen molar-refractivity contribution >= 4 is 11.3 Å². The molecular weight excluding hydrogens is 276 g/mol. The predicted molar refractivity (Wildman–Crippen MR) is 86.4 cm³/mol. The van der Waals surface area contributed by atoms with Gasteiger partial charge in [0.25, 0.3) is 0 Å². The molecule has 3 aromatic rings. The third-order valence-electron chi connectivity index (χ3n) is 4.27. The summed E-state index contributed by atoms with van der Waals surface area (Å²) in [6.45, 7) is 2.21. The molecule has 1 N–H and O–H groups in total. The highest BCUT2D eigenvalue weighted by Crippen LogP contribution is 2.41. The van der Waals surface area contributed by atoms with Gasteiger partial charge in [0, 0.05) is 29.7 Å². The van der Waals surface area contributed by atoms with Crippen LogP contribution in [0.4, 0.5) is 5.69 Å². The molecule has 0 spiro atoms. The molecule has 0 radical (unpaired) electrons. The van der Waals surface area contributed by atoms with Crippen LogP contribution < -0.4 is 10.1 Å². The lowest BCUT2D eigenvalue weighted by Gasteiger charge is -2.27. The van der Waals surface area contributed by atoms with Crippen molar-refractivity contribution in [3.05, 3.63) is 42.4 Å². The minimum Gasteiger partial charge on any atom is -0.496 e. The summed E-state index contributed by atoms with van der Waals surface area (Å²) in [4.78, 5) is 4.48. The molecule has 1 atom stereocenters. The van der Waals surface area contributed by atoms with Crippen LogP contribution in [0.15, 0.2) is 36.8 Å². The topological polar surface area (TPSA) is 51.5 Å². The van der Waals surface area contributed by atoms with Crippen molar-refractivity contribution in [2.45, 2.75) is 25.8 Å². The number of benzene rings is 1. The SMILES string of the molecule is COc1ccc2c(c1-c1cnn3cccnc13)CCC(C)N2. The van der Waals surface area contributed by atoms with Gasteiger partial charge >= 0.3 is 0 Å². The van der Waals surface area contributed by atoms with Crippen LogP contribution >= 0.6 is 0 Å². The highest BCUT2D eigenvalue weighted by Gasteiger charge is 2.23. The van der Waals surface area contributed by atoms with Crippen LogP contribution in [0, 0.1) is 0 Å². The number of fused-ring (bicyclic) bond motifs is 2. The molecule has 0 amide bonds. The third kappa shape index (κ3) is 1.93. The molecule has 0 saturated heterocycles. The monoisotopic (exact) mass is 294 g/mol. The van der Waals surface area contributed by atoms with Crippen molar-refractivity contribution in [1.29, 1.82) is 0 Å². The molecule has 0 aliphatic carbocycles. The summed E-state index contributed by atoms with van der Waals surface area (Å²) in [5.41, 5.74) is 5.45. The van der Waals surface area contributed by atoms with Crippen molar-refractivity contribution in [2.24, 2.45) is 0 Å². The largest absolute Gasteiger partial charge is 0.496 e. The molecule has 1 aromatic carbocycles. The predicted octanol–water partition coefficient (Wildman–Crippen LogP) is 3.15. The van der Waals surface area contributed by atoms with E-state index >= 15 is 0 Å². The van der Waals surface area contributed by atoms with Gasteiger partial charge < -0.3 is 10.1 Å². The van der Waals surface area contributed by atoms with Crippen molar-refractivity contribution < 1.29 is 4.74 Å². The number of rotatable bonds is 2. The molecule has 22 heavy (non-hydrogen) atoms. The summed E-state index contributed by atoms with van der Waals surface area (Å²) in [6.07, 6.45) is 7.72. The van der Waals surface area contributed by atoms with Crippen LogP contribution in [0.1, 0.15) is 18.9 Å². The van der Waals surface area contributed by atoms with Crippen molar-refractivity contribution in [1.82, 2.24) is 14.6 Å². The molecule has 3 heterocycles. The first kappa shape index (κ1) is 13.1. The minimum absolute atomic E-state index is 0.496.